The molecule has 1 aliphatic carbocycles. The van der Waals surface area contributed by atoms with E-state index in [9.17, 15) is 9.90 Å². The molecule has 4 N–H and O–H groups in total. The molecule has 1 aromatic carbocycles. The van der Waals surface area contributed by atoms with E-state index < -0.39 is 18.1 Å². The van der Waals surface area contributed by atoms with Gasteiger partial charge in [0.15, 0.2) is 0 Å². The van der Waals surface area contributed by atoms with Gasteiger partial charge in [0.2, 0.25) is 0 Å². The first kappa shape index (κ1) is 19.7. The van der Waals surface area contributed by atoms with Gasteiger partial charge in [-0.15, -0.1) is 12.4 Å². The summed E-state index contributed by atoms with van der Waals surface area (Å²) in [6.45, 7) is 0. The van der Waals surface area contributed by atoms with Crippen LogP contribution in [0.3, 0.4) is 0 Å². The lowest BCUT2D eigenvalue weighted by molar-refractivity contribution is -0.125. The number of hydrogen-bond donors (Lipinski definition) is 3. The predicted octanol–water partition coefficient (Wildman–Crippen LogP) is 2.71. The lowest BCUT2D eigenvalue weighted by Crippen LogP contribution is -2.44. The third kappa shape index (κ3) is 6.01. The van der Waals surface area contributed by atoms with Gasteiger partial charge in [-0.3, -0.25) is 4.79 Å². The van der Waals surface area contributed by atoms with Crippen LogP contribution >= 0.6 is 12.4 Å². The highest BCUT2D eigenvalue weighted by molar-refractivity contribution is 5.94. The molecule has 0 radical (unpaired) electrons. The molecule has 1 aromatic rings. The maximum Gasteiger partial charge on any atom is 0.254 e. The fourth-order valence-electron chi connectivity index (χ4n) is 3.05. The van der Waals surface area contributed by atoms with Crippen molar-refractivity contribution >= 4 is 24.0 Å². The van der Waals surface area contributed by atoms with Crippen LogP contribution in [0, 0.1) is 5.92 Å². The maximum absolute atomic E-state index is 12.1. The largest absolute Gasteiger partial charge is 0.497 e. The minimum Gasteiger partial charge on any atom is -0.497 e. The van der Waals surface area contributed by atoms with Crippen molar-refractivity contribution in [1.29, 1.82) is 0 Å². The smallest absolute Gasteiger partial charge is 0.254 e. The number of aliphatic hydroxyl groups excluding tert-OH is 1. The van der Waals surface area contributed by atoms with E-state index >= 15 is 0 Å². The van der Waals surface area contributed by atoms with Gasteiger partial charge in [0.05, 0.1) is 7.11 Å². The summed E-state index contributed by atoms with van der Waals surface area (Å²) in [6.07, 6.45) is 5.55. The highest BCUT2D eigenvalue weighted by Gasteiger charge is 2.26. The molecule has 2 rings (SSSR count). The van der Waals surface area contributed by atoms with Crippen molar-refractivity contribution in [3.8, 4) is 5.75 Å². The SMILES string of the molecule is COc1cccc(NC(=O)C(O)[C@H](N)CC2CCCCC2)c1.Cl. The average molecular weight is 343 g/mol. The van der Waals surface area contributed by atoms with Gasteiger partial charge in [0.25, 0.3) is 5.91 Å². The number of carbonyl (C=O) groups is 1. The zero-order valence-electron chi connectivity index (χ0n) is 13.5. The van der Waals surface area contributed by atoms with E-state index in [1.807, 2.05) is 0 Å². The molecule has 0 spiro atoms. The Morgan fingerprint density at radius 2 is 2.09 bits per heavy atom. The highest BCUT2D eigenvalue weighted by Crippen LogP contribution is 2.27. The Kier molecular flexibility index (Phi) is 8.37. The first-order chi connectivity index (χ1) is 10.6. The summed E-state index contributed by atoms with van der Waals surface area (Å²) in [5, 5.41) is 12.8. The summed E-state index contributed by atoms with van der Waals surface area (Å²) in [7, 11) is 1.57. The Morgan fingerprint density at radius 3 is 2.74 bits per heavy atom. The van der Waals surface area contributed by atoms with Crippen molar-refractivity contribution in [3.05, 3.63) is 24.3 Å². The second-order valence-corrected chi connectivity index (χ2v) is 6.07. The first-order valence-electron chi connectivity index (χ1n) is 7.98. The van der Waals surface area contributed by atoms with Gasteiger partial charge in [-0.2, -0.15) is 0 Å². The number of halogens is 1. The van der Waals surface area contributed by atoms with Gasteiger partial charge in [0.1, 0.15) is 11.9 Å². The van der Waals surface area contributed by atoms with Gasteiger partial charge < -0.3 is 20.9 Å². The van der Waals surface area contributed by atoms with Crippen LogP contribution in [0.4, 0.5) is 5.69 Å². The van der Waals surface area contributed by atoms with Crippen molar-refractivity contribution in [1.82, 2.24) is 0 Å². The molecule has 23 heavy (non-hydrogen) atoms. The zero-order chi connectivity index (χ0) is 15.9. The molecule has 1 fully saturated rings. The Morgan fingerprint density at radius 1 is 1.39 bits per heavy atom. The van der Waals surface area contributed by atoms with E-state index in [1.165, 1.54) is 19.3 Å². The van der Waals surface area contributed by atoms with Crippen molar-refractivity contribution in [2.45, 2.75) is 50.7 Å². The van der Waals surface area contributed by atoms with Crippen molar-refractivity contribution in [3.63, 3.8) is 0 Å². The molecule has 130 valence electrons. The van der Waals surface area contributed by atoms with Crippen molar-refractivity contribution in [2.24, 2.45) is 11.7 Å². The Bertz CT molecular complexity index is 492. The number of nitrogens with one attached hydrogen (secondary N) is 1. The van der Waals surface area contributed by atoms with Gasteiger partial charge in [-0.05, 0) is 24.5 Å². The Hall–Kier alpha value is -1.30. The molecular weight excluding hydrogens is 316 g/mol. The molecule has 5 nitrogen and oxygen atoms in total. The third-order valence-corrected chi connectivity index (χ3v) is 4.34. The van der Waals surface area contributed by atoms with Gasteiger partial charge in [-0.25, -0.2) is 0 Å². The average Bonchev–Trinajstić information content (AvgIpc) is 2.55. The number of methoxy groups -OCH3 is 1. The molecule has 0 aromatic heterocycles. The standard InChI is InChI=1S/C17H26N2O3.ClH/c1-22-14-9-5-8-13(11-14)19-17(21)16(20)15(18)10-12-6-3-2-4-7-12;/h5,8-9,11-12,15-16,20H,2-4,6-7,10,18H2,1H3,(H,19,21);1H/t15-,16?;/m1./s1. The summed E-state index contributed by atoms with van der Waals surface area (Å²) in [4.78, 5) is 12.1. The molecule has 1 saturated carbocycles. The van der Waals surface area contributed by atoms with E-state index in [2.05, 4.69) is 5.32 Å². The zero-order valence-corrected chi connectivity index (χ0v) is 14.3. The van der Waals surface area contributed by atoms with Crippen LogP contribution in [0.2, 0.25) is 0 Å². The molecule has 0 saturated heterocycles. The number of ether oxygens (including phenoxy) is 1. The second-order valence-electron chi connectivity index (χ2n) is 6.07. The van der Waals surface area contributed by atoms with E-state index in [0.29, 0.717) is 23.8 Å². The fourth-order valence-corrected chi connectivity index (χ4v) is 3.05. The predicted molar refractivity (Wildman–Crippen MR) is 94.0 cm³/mol. The van der Waals surface area contributed by atoms with Gasteiger partial charge in [0, 0.05) is 17.8 Å². The monoisotopic (exact) mass is 342 g/mol. The van der Waals surface area contributed by atoms with Crippen LogP contribution < -0.4 is 15.8 Å². The summed E-state index contributed by atoms with van der Waals surface area (Å²) < 4.78 is 5.11. The number of nitrogens with two attached hydrogens (primary N) is 1. The van der Waals surface area contributed by atoms with Crippen molar-refractivity contribution in [2.75, 3.05) is 12.4 Å². The summed E-state index contributed by atoms with van der Waals surface area (Å²) >= 11 is 0. The summed E-state index contributed by atoms with van der Waals surface area (Å²) in [6, 6.07) is 6.51. The number of amides is 1. The lowest BCUT2D eigenvalue weighted by Gasteiger charge is -2.26. The quantitative estimate of drug-likeness (QED) is 0.742. The van der Waals surface area contributed by atoms with E-state index in [0.717, 1.165) is 12.8 Å². The number of carbonyl (C=O) groups excluding carboxylic acids is 1. The minimum atomic E-state index is -1.19. The highest BCUT2D eigenvalue weighted by atomic mass is 35.5. The van der Waals surface area contributed by atoms with Crippen LogP contribution in [-0.2, 0) is 4.79 Å². The molecule has 0 bridgehead atoms. The van der Waals surface area contributed by atoms with E-state index in [-0.39, 0.29) is 12.4 Å². The molecule has 0 heterocycles. The first-order valence-corrected chi connectivity index (χ1v) is 7.98. The van der Waals surface area contributed by atoms with E-state index in [1.54, 1.807) is 31.4 Å². The normalized spacial score (nSPS) is 17.7. The van der Waals surface area contributed by atoms with Crippen LogP contribution in [0.5, 0.6) is 5.75 Å². The number of hydrogen-bond acceptors (Lipinski definition) is 4. The van der Waals surface area contributed by atoms with Crippen LogP contribution in [0.1, 0.15) is 38.5 Å². The summed E-state index contributed by atoms with van der Waals surface area (Å²) in [5.41, 5.74) is 6.61. The van der Waals surface area contributed by atoms with Gasteiger partial charge in [-0.1, -0.05) is 38.2 Å². The molecule has 0 aliphatic heterocycles. The molecule has 2 atom stereocenters. The minimum absolute atomic E-state index is 0. The number of aliphatic hydroxyl groups is 1. The molecule has 1 amide bonds. The van der Waals surface area contributed by atoms with Crippen molar-refractivity contribution < 1.29 is 14.6 Å². The maximum atomic E-state index is 12.1. The van der Waals surface area contributed by atoms with Crippen LogP contribution in [-0.4, -0.2) is 30.3 Å². The topological polar surface area (TPSA) is 84.6 Å². The molecular formula is C17H27ClN2O3. The fraction of sp³-hybridized carbons (Fsp3) is 0.588. The van der Waals surface area contributed by atoms with Gasteiger partial charge >= 0.3 is 0 Å². The number of anilines is 1. The third-order valence-electron chi connectivity index (χ3n) is 4.34. The molecule has 6 heteroatoms. The number of benzene rings is 1. The molecule has 1 aliphatic rings. The van der Waals surface area contributed by atoms with E-state index in [4.69, 9.17) is 10.5 Å². The Labute approximate surface area is 144 Å². The summed E-state index contributed by atoms with van der Waals surface area (Å²) in [5.74, 6) is 0.721. The Balaban J connectivity index is 0.00000264. The second kappa shape index (κ2) is 9.75. The molecule has 1 unspecified atom stereocenters. The lowest BCUT2D eigenvalue weighted by atomic mass is 9.84. The van der Waals surface area contributed by atoms with Crippen LogP contribution in [0.15, 0.2) is 24.3 Å². The van der Waals surface area contributed by atoms with Crippen LogP contribution in [0.25, 0.3) is 0 Å². The number of rotatable bonds is 6.